The molecule has 1 fully saturated rings. The Balaban J connectivity index is 1.77. The van der Waals surface area contributed by atoms with Crippen molar-refractivity contribution in [3.05, 3.63) is 0 Å². The summed E-state index contributed by atoms with van der Waals surface area (Å²) in [6.07, 6.45) is 14.0. The van der Waals surface area contributed by atoms with Gasteiger partial charge >= 0.3 is 5.97 Å². The van der Waals surface area contributed by atoms with Crippen molar-refractivity contribution in [2.75, 3.05) is 13.7 Å². The molecule has 124 valence electrons. The molecule has 0 aromatic carbocycles. The van der Waals surface area contributed by atoms with Crippen LogP contribution in [0.2, 0.25) is 0 Å². The number of carbonyl (C=O) groups is 1. The first-order valence-electron chi connectivity index (χ1n) is 8.78. The highest BCUT2D eigenvalue weighted by atomic mass is 16.5. The van der Waals surface area contributed by atoms with Gasteiger partial charge in [-0.25, -0.2) is 0 Å². The summed E-state index contributed by atoms with van der Waals surface area (Å²) < 4.78 is 4.63. The summed E-state index contributed by atoms with van der Waals surface area (Å²) in [4.78, 5) is 10.9. The van der Waals surface area contributed by atoms with Gasteiger partial charge in [0.25, 0.3) is 0 Å². The summed E-state index contributed by atoms with van der Waals surface area (Å²) in [6, 6.07) is 1.16. The van der Waals surface area contributed by atoms with Crippen molar-refractivity contribution in [1.29, 1.82) is 0 Å². The maximum absolute atomic E-state index is 10.9. The van der Waals surface area contributed by atoms with Crippen LogP contribution in [0.4, 0.5) is 0 Å². The van der Waals surface area contributed by atoms with Gasteiger partial charge in [-0.1, -0.05) is 32.1 Å². The van der Waals surface area contributed by atoms with Crippen LogP contribution in [0.25, 0.3) is 0 Å². The highest BCUT2D eigenvalue weighted by Gasteiger charge is 2.17. The van der Waals surface area contributed by atoms with E-state index in [1.165, 1.54) is 64.9 Å². The second kappa shape index (κ2) is 12.0. The molecule has 0 aromatic rings. The fourth-order valence-corrected chi connectivity index (χ4v) is 3.01. The second-order valence-electron chi connectivity index (χ2n) is 6.37. The zero-order chi connectivity index (χ0) is 15.3. The van der Waals surface area contributed by atoms with Crippen molar-refractivity contribution in [3.8, 4) is 0 Å². The van der Waals surface area contributed by atoms with Gasteiger partial charge in [-0.3, -0.25) is 4.79 Å². The molecule has 1 aliphatic rings. The molecule has 0 amide bonds. The molecule has 0 unspecified atom stereocenters. The zero-order valence-corrected chi connectivity index (χ0v) is 13.7. The Hall–Kier alpha value is -0.610. The number of rotatable bonds is 11. The van der Waals surface area contributed by atoms with Gasteiger partial charge in [-0.05, 0) is 45.1 Å². The van der Waals surface area contributed by atoms with Gasteiger partial charge in [0, 0.05) is 18.5 Å². The van der Waals surface area contributed by atoms with E-state index in [-0.39, 0.29) is 5.97 Å². The van der Waals surface area contributed by atoms with Crippen LogP contribution in [0.15, 0.2) is 0 Å². The number of ether oxygens (including phenoxy) is 1. The van der Waals surface area contributed by atoms with Gasteiger partial charge in [0.05, 0.1) is 7.11 Å². The summed E-state index contributed by atoms with van der Waals surface area (Å²) in [7, 11) is 1.46. The first-order valence-corrected chi connectivity index (χ1v) is 8.78. The number of esters is 1. The van der Waals surface area contributed by atoms with Crippen molar-refractivity contribution < 1.29 is 9.53 Å². The molecule has 0 spiro atoms. The van der Waals surface area contributed by atoms with E-state index < -0.39 is 0 Å². The second-order valence-corrected chi connectivity index (χ2v) is 6.37. The lowest BCUT2D eigenvalue weighted by Crippen LogP contribution is -2.37. The van der Waals surface area contributed by atoms with Crippen LogP contribution in [0.1, 0.15) is 77.0 Å². The van der Waals surface area contributed by atoms with Crippen LogP contribution in [0.3, 0.4) is 0 Å². The Bertz CT molecular complexity index is 264. The van der Waals surface area contributed by atoms with Crippen LogP contribution in [0, 0.1) is 0 Å². The highest BCUT2D eigenvalue weighted by molar-refractivity contribution is 5.68. The quantitative estimate of drug-likeness (QED) is 0.454. The molecule has 0 heterocycles. The van der Waals surface area contributed by atoms with Crippen LogP contribution >= 0.6 is 0 Å². The molecule has 1 saturated carbocycles. The molecule has 21 heavy (non-hydrogen) atoms. The molecule has 1 aliphatic carbocycles. The third-order valence-corrected chi connectivity index (χ3v) is 4.49. The van der Waals surface area contributed by atoms with Crippen molar-refractivity contribution in [2.24, 2.45) is 5.73 Å². The molecular formula is C17H34N2O2. The van der Waals surface area contributed by atoms with Crippen molar-refractivity contribution in [1.82, 2.24) is 5.32 Å². The van der Waals surface area contributed by atoms with Gasteiger partial charge in [0.2, 0.25) is 0 Å². The topological polar surface area (TPSA) is 64.3 Å². The average Bonchev–Trinajstić information content (AvgIpc) is 2.50. The summed E-state index contributed by atoms with van der Waals surface area (Å²) in [6.45, 7) is 1.16. The summed E-state index contributed by atoms with van der Waals surface area (Å²) in [5.74, 6) is -0.0789. The SMILES string of the molecule is COC(=O)CCCCCCCCCNC1CCC(N)CC1. The average molecular weight is 298 g/mol. The normalized spacial score (nSPS) is 22.2. The van der Waals surface area contributed by atoms with Crippen molar-refractivity contribution >= 4 is 5.97 Å². The van der Waals surface area contributed by atoms with Crippen LogP contribution in [0.5, 0.6) is 0 Å². The summed E-state index contributed by atoms with van der Waals surface area (Å²) >= 11 is 0. The van der Waals surface area contributed by atoms with Gasteiger partial charge in [-0.15, -0.1) is 0 Å². The molecule has 0 aromatic heterocycles. The smallest absolute Gasteiger partial charge is 0.305 e. The predicted octanol–water partition coefficient (Wildman–Crippen LogP) is 3.14. The van der Waals surface area contributed by atoms with E-state index in [1.54, 1.807) is 0 Å². The molecule has 0 atom stereocenters. The van der Waals surface area contributed by atoms with Crippen molar-refractivity contribution in [3.63, 3.8) is 0 Å². The minimum Gasteiger partial charge on any atom is -0.469 e. The Kier molecular flexibility index (Phi) is 10.5. The fraction of sp³-hybridized carbons (Fsp3) is 0.941. The number of nitrogens with two attached hydrogens (primary N) is 1. The predicted molar refractivity (Wildman–Crippen MR) is 87.2 cm³/mol. The van der Waals surface area contributed by atoms with Crippen LogP contribution in [-0.2, 0) is 9.53 Å². The monoisotopic (exact) mass is 298 g/mol. The zero-order valence-electron chi connectivity index (χ0n) is 13.7. The molecule has 4 nitrogen and oxygen atoms in total. The summed E-state index contributed by atoms with van der Waals surface area (Å²) in [5, 5.41) is 3.67. The lowest BCUT2D eigenvalue weighted by atomic mass is 9.92. The highest BCUT2D eigenvalue weighted by Crippen LogP contribution is 2.17. The molecule has 0 saturated heterocycles. The van der Waals surface area contributed by atoms with E-state index in [0.717, 1.165) is 19.4 Å². The molecule has 0 bridgehead atoms. The van der Waals surface area contributed by atoms with Gasteiger partial charge < -0.3 is 15.8 Å². The molecule has 0 radical (unpaired) electrons. The van der Waals surface area contributed by atoms with E-state index in [1.807, 2.05) is 0 Å². The number of carbonyl (C=O) groups excluding carboxylic acids is 1. The Morgan fingerprint density at radius 2 is 1.57 bits per heavy atom. The van der Waals surface area contributed by atoms with Crippen LogP contribution < -0.4 is 11.1 Å². The molecular weight excluding hydrogens is 264 g/mol. The number of hydrogen-bond donors (Lipinski definition) is 2. The largest absolute Gasteiger partial charge is 0.469 e. The first-order chi connectivity index (χ1) is 10.2. The minimum absolute atomic E-state index is 0.0789. The molecule has 4 heteroatoms. The Morgan fingerprint density at radius 3 is 2.19 bits per heavy atom. The minimum atomic E-state index is -0.0789. The maximum Gasteiger partial charge on any atom is 0.305 e. The lowest BCUT2D eigenvalue weighted by Gasteiger charge is -2.26. The number of methoxy groups -OCH3 is 1. The molecule has 1 rings (SSSR count). The van der Waals surface area contributed by atoms with E-state index in [9.17, 15) is 4.79 Å². The van der Waals surface area contributed by atoms with E-state index in [0.29, 0.717) is 18.5 Å². The third-order valence-electron chi connectivity index (χ3n) is 4.49. The summed E-state index contributed by atoms with van der Waals surface area (Å²) in [5.41, 5.74) is 5.91. The lowest BCUT2D eigenvalue weighted by molar-refractivity contribution is -0.140. The maximum atomic E-state index is 10.9. The molecule has 0 aliphatic heterocycles. The number of unbranched alkanes of at least 4 members (excludes halogenated alkanes) is 6. The number of hydrogen-bond acceptors (Lipinski definition) is 4. The fourth-order valence-electron chi connectivity index (χ4n) is 3.01. The van der Waals surface area contributed by atoms with E-state index >= 15 is 0 Å². The van der Waals surface area contributed by atoms with Gasteiger partial charge in [0.1, 0.15) is 0 Å². The first kappa shape index (κ1) is 18.4. The number of nitrogens with one attached hydrogen (secondary N) is 1. The van der Waals surface area contributed by atoms with E-state index in [2.05, 4.69) is 10.1 Å². The Morgan fingerprint density at radius 1 is 1.00 bits per heavy atom. The standard InChI is InChI=1S/C17H34N2O2/c1-21-17(20)9-7-5-3-2-4-6-8-14-19-16-12-10-15(18)11-13-16/h15-16,19H,2-14,18H2,1H3. The van der Waals surface area contributed by atoms with Crippen molar-refractivity contribution in [2.45, 2.75) is 89.1 Å². The Labute approximate surface area is 130 Å². The third kappa shape index (κ3) is 9.86. The van der Waals surface area contributed by atoms with E-state index in [4.69, 9.17) is 5.73 Å². The van der Waals surface area contributed by atoms with Gasteiger partial charge in [-0.2, -0.15) is 0 Å². The van der Waals surface area contributed by atoms with Crippen LogP contribution in [-0.4, -0.2) is 31.7 Å². The molecule has 3 N–H and O–H groups in total. The van der Waals surface area contributed by atoms with Gasteiger partial charge in [0.15, 0.2) is 0 Å².